The van der Waals surface area contributed by atoms with E-state index in [2.05, 4.69) is 5.32 Å². The second-order valence-electron chi connectivity index (χ2n) is 4.21. The molecule has 1 N–H and O–H groups in total. The zero-order chi connectivity index (χ0) is 10.5. The van der Waals surface area contributed by atoms with Crippen molar-refractivity contribution < 1.29 is 0 Å². The lowest BCUT2D eigenvalue weighted by Crippen LogP contribution is -2.29. The van der Waals surface area contributed by atoms with Crippen molar-refractivity contribution in [2.24, 2.45) is 5.92 Å². The highest BCUT2D eigenvalue weighted by atomic mass is 16.1. The van der Waals surface area contributed by atoms with Crippen molar-refractivity contribution in [2.45, 2.75) is 25.8 Å². The molecular formula is C12H18N2O. The van der Waals surface area contributed by atoms with Crippen LogP contribution in [0.25, 0.3) is 0 Å². The molecule has 0 amide bonds. The van der Waals surface area contributed by atoms with Crippen molar-refractivity contribution in [3.8, 4) is 0 Å². The monoisotopic (exact) mass is 206 g/mol. The van der Waals surface area contributed by atoms with Gasteiger partial charge in [0.25, 0.3) is 0 Å². The molecule has 0 atom stereocenters. The zero-order valence-corrected chi connectivity index (χ0v) is 8.98. The minimum absolute atomic E-state index is 0.117. The van der Waals surface area contributed by atoms with E-state index in [4.69, 9.17) is 0 Å². The van der Waals surface area contributed by atoms with Crippen molar-refractivity contribution in [2.75, 3.05) is 13.1 Å². The summed E-state index contributed by atoms with van der Waals surface area (Å²) in [6, 6.07) is 5.34. The van der Waals surface area contributed by atoms with E-state index in [1.165, 1.54) is 12.8 Å². The van der Waals surface area contributed by atoms with E-state index in [0.29, 0.717) is 0 Å². The summed E-state index contributed by atoms with van der Waals surface area (Å²) in [4.78, 5) is 11.4. The first-order valence-electron chi connectivity index (χ1n) is 5.72. The lowest BCUT2D eigenvalue weighted by atomic mass is 9.95. The number of piperidine rings is 1. The number of hydrogen-bond donors (Lipinski definition) is 1. The largest absolute Gasteiger partial charge is 0.317 e. The number of nitrogens with zero attached hydrogens (tertiary/aromatic N) is 1. The average molecular weight is 206 g/mol. The number of aryl methyl sites for hydroxylation is 1. The van der Waals surface area contributed by atoms with E-state index in [1.807, 2.05) is 16.8 Å². The maximum atomic E-state index is 11.4. The van der Waals surface area contributed by atoms with Crippen LogP contribution in [0.2, 0.25) is 0 Å². The van der Waals surface area contributed by atoms with Crippen LogP contribution in [-0.2, 0) is 6.54 Å². The summed E-state index contributed by atoms with van der Waals surface area (Å²) >= 11 is 0. The molecule has 1 fully saturated rings. The molecule has 0 aliphatic carbocycles. The van der Waals surface area contributed by atoms with Crippen LogP contribution >= 0.6 is 0 Å². The fraction of sp³-hybridized carbons (Fsp3) is 0.583. The van der Waals surface area contributed by atoms with Gasteiger partial charge in [-0.1, -0.05) is 6.07 Å². The number of hydrogen-bond acceptors (Lipinski definition) is 2. The Labute approximate surface area is 90.1 Å². The molecular weight excluding hydrogens is 188 g/mol. The minimum Gasteiger partial charge on any atom is -0.317 e. The molecule has 0 radical (unpaired) electrons. The van der Waals surface area contributed by atoms with E-state index in [-0.39, 0.29) is 5.56 Å². The number of aromatic nitrogens is 1. The summed E-state index contributed by atoms with van der Waals surface area (Å²) in [7, 11) is 0. The quantitative estimate of drug-likeness (QED) is 0.807. The van der Waals surface area contributed by atoms with Crippen LogP contribution in [0, 0.1) is 5.92 Å². The molecule has 0 saturated carbocycles. The standard InChI is InChI=1S/C12H18N2O/c15-12-3-1-2-9-14(12)10-6-11-4-7-13-8-5-11/h1-3,9,11,13H,4-8,10H2. The van der Waals surface area contributed by atoms with E-state index >= 15 is 0 Å². The van der Waals surface area contributed by atoms with Crippen molar-refractivity contribution >= 4 is 0 Å². The Morgan fingerprint density at radius 3 is 2.87 bits per heavy atom. The molecule has 82 valence electrons. The van der Waals surface area contributed by atoms with Gasteiger partial charge in [0.1, 0.15) is 0 Å². The number of rotatable bonds is 3. The molecule has 3 heteroatoms. The molecule has 2 heterocycles. The summed E-state index contributed by atoms with van der Waals surface area (Å²) in [5.41, 5.74) is 0.117. The zero-order valence-electron chi connectivity index (χ0n) is 8.98. The highest BCUT2D eigenvalue weighted by molar-refractivity contribution is 4.93. The highest BCUT2D eigenvalue weighted by Crippen LogP contribution is 2.16. The fourth-order valence-corrected chi connectivity index (χ4v) is 2.14. The van der Waals surface area contributed by atoms with E-state index in [1.54, 1.807) is 12.1 Å². The average Bonchev–Trinajstić information content (AvgIpc) is 2.29. The van der Waals surface area contributed by atoms with Gasteiger partial charge >= 0.3 is 0 Å². The summed E-state index contributed by atoms with van der Waals surface area (Å²) in [5, 5.41) is 3.36. The first-order valence-corrected chi connectivity index (χ1v) is 5.72. The van der Waals surface area contributed by atoms with Crippen LogP contribution in [0.4, 0.5) is 0 Å². The Kier molecular flexibility index (Phi) is 3.56. The third kappa shape index (κ3) is 2.93. The van der Waals surface area contributed by atoms with E-state index in [0.717, 1.165) is 32.0 Å². The van der Waals surface area contributed by atoms with Crippen LogP contribution < -0.4 is 10.9 Å². The first-order chi connectivity index (χ1) is 7.36. The molecule has 15 heavy (non-hydrogen) atoms. The lowest BCUT2D eigenvalue weighted by molar-refractivity contribution is 0.336. The van der Waals surface area contributed by atoms with E-state index < -0.39 is 0 Å². The lowest BCUT2D eigenvalue weighted by Gasteiger charge is -2.22. The molecule has 0 spiro atoms. The number of nitrogens with one attached hydrogen (secondary N) is 1. The summed E-state index contributed by atoms with van der Waals surface area (Å²) in [6.45, 7) is 3.13. The summed E-state index contributed by atoms with van der Waals surface area (Å²) in [6.07, 6.45) is 5.51. The Morgan fingerprint density at radius 2 is 2.13 bits per heavy atom. The highest BCUT2D eigenvalue weighted by Gasteiger charge is 2.12. The van der Waals surface area contributed by atoms with Gasteiger partial charge in [-0.25, -0.2) is 0 Å². The van der Waals surface area contributed by atoms with Crippen LogP contribution in [0.5, 0.6) is 0 Å². The third-order valence-electron chi connectivity index (χ3n) is 3.14. The SMILES string of the molecule is O=c1ccccn1CCC1CCNCC1. The minimum atomic E-state index is 0.117. The van der Waals surface area contributed by atoms with Crippen LogP contribution in [0.1, 0.15) is 19.3 Å². The predicted molar refractivity (Wildman–Crippen MR) is 60.9 cm³/mol. The normalized spacial score (nSPS) is 17.9. The van der Waals surface area contributed by atoms with Gasteiger partial charge in [0.2, 0.25) is 5.56 Å². The molecule has 0 bridgehead atoms. The van der Waals surface area contributed by atoms with Gasteiger partial charge in [-0.15, -0.1) is 0 Å². The Balaban J connectivity index is 1.87. The molecule has 1 aliphatic rings. The van der Waals surface area contributed by atoms with Gasteiger partial charge in [-0.05, 0) is 44.3 Å². The Morgan fingerprint density at radius 1 is 1.33 bits per heavy atom. The molecule has 1 aromatic rings. The van der Waals surface area contributed by atoms with Gasteiger partial charge in [0.15, 0.2) is 0 Å². The first kappa shape index (κ1) is 10.4. The predicted octanol–water partition coefficient (Wildman–Crippen LogP) is 1.24. The van der Waals surface area contributed by atoms with Crippen molar-refractivity contribution in [3.05, 3.63) is 34.7 Å². The summed E-state index contributed by atoms with van der Waals surface area (Å²) in [5.74, 6) is 0.790. The van der Waals surface area contributed by atoms with Gasteiger partial charge in [-0.2, -0.15) is 0 Å². The Bertz CT molecular complexity index is 353. The topological polar surface area (TPSA) is 34.0 Å². The van der Waals surface area contributed by atoms with Gasteiger partial charge in [0, 0.05) is 18.8 Å². The molecule has 1 aromatic heterocycles. The van der Waals surface area contributed by atoms with Gasteiger partial charge in [-0.3, -0.25) is 4.79 Å². The van der Waals surface area contributed by atoms with Gasteiger partial charge < -0.3 is 9.88 Å². The van der Waals surface area contributed by atoms with Crippen molar-refractivity contribution in [3.63, 3.8) is 0 Å². The molecule has 2 rings (SSSR count). The molecule has 3 nitrogen and oxygen atoms in total. The smallest absolute Gasteiger partial charge is 0.250 e. The van der Waals surface area contributed by atoms with Gasteiger partial charge in [0.05, 0.1) is 0 Å². The maximum absolute atomic E-state index is 11.4. The van der Waals surface area contributed by atoms with Crippen molar-refractivity contribution in [1.29, 1.82) is 0 Å². The Hall–Kier alpha value is -1.09. The second kappa shape index (κ2) is 5.12. The third-order valence-corrected chi connectivity index (χ3v) is 3.14. The number of pyridine rings is 1. The molecule has 1 aliphatic heterocycles. The molecule has 1 saturated heterocycles. The molecule has 0 unspecified atom stereocenters. The molecule has 0 aromatic carbocycles. The van der Waals surface area contributed by atoms with Crippen LogP contribution in [0.3, 0.4) is 0 Å². The van der Waals surface area contributed by atoms with E-state index in [9.17, 15) is 4.79 Å². The van der Waals surface area contributed by atoms with Crippen LogP contribution in [0.15, 0.2) is 29.2 Å². The maximum Gasteiger partial charge on any atom is 0.250 e. The summed E-state index contributed by atoms with van der Waals surface area (Å²) < 4.78 is 1.81. The van der Waals surface area contributed by atoms with Crippen molar-refractivity contribution in [1.82, 2.24) is 9.88 Å². The second-order valence-corrected chi connectivity index (χ2v) is 4.21. The fourth-order valence-electron chi connectivity index (χ4n) is 2.14. The van der Waals surface area contributed by atoms with Crippen LogP contribution in [-0.4, -0.2) is 17.7 Å².